The minimum atomic E-state index is -0.578. The predicted octanol–water partition coefficient (Wildman–Crippen LogP) is 7.97. The van der Waals surface area contributed by atoms with Crippen molar-refractivity contribution in [1.82, 2.24) is 41.7 Å². The quantitative estimate of drug-likeness (QED) is 0.0257. The number of rotatable bonds is 61. The van der Waals surface area contributed by atoms with Crippen LogP contribution in [0.2, 0.25) is 0 Å². The molecule has 0 heterocycles. The van der Waals surface area contributed by atoms with E-state index in [2.05, 4.69) is 87.3 Å². The van der Waals surface area contributed by atoms with Crippen LogP contribution in [0.4, 0.5) is 0 Å². The number of hydrogen-bond acceptors (Lipinski definition) is 26. The van der Waals surface area contributed by atoms with E-state index in [-0.39, 0.29) is 83.7 Å². The number of nitrogens with one attached hydrogen (secondary N) is 6. The second-order valence-electron chi connectivity index (χ2n) is 42.2. The molecule has 8 aliphatic carbocycles. The fourth-order valence-electron chi connectivity index (χ4n) is 22.9. The van der Waals surface area contributed by atoms with Crippen molar-refractivity contribution < 1.29 is 89.0 Å². The van der Waals surface area contributed by atoms with Crippen molar-refractivity contribution in [2.75, 3.05) is 185 Å². The van der Waals surface area contributed by atoms with Gasteiger partial charge in [0.25, 0.3) is 0 Å². The molecule has 0 aliphatic heterocycles. The molecule has 8 fully saturated rings. The molecule has 0 aromatic heterocycles. The van der Waals surface area contributed by atoms with Gasteiger partial charge in [-0.15, -0.1) is 0 Å². The molecule has 0 bridgehead atoms. The summed E-state index contributed by atoms with van der Waals surface area (Å²) in [6, 6.07) is 0. The second-order valence-corrected chi connectivity index (χ2v) is 42.2. The predicted molar refractivity (Wildman–Crippen MR) is 483 cm³/mol. The highest BCUT2D eigenvalue weighted by Crippen LogP contribution is 2.53. The Morgan fingerprint density at radius 3 is 0.492 bits per heavy atom. The first kappa shape index (κ1) is 106. The van der Waals surface area contributed by atoms with Crippen LogP contribution in [0.1, 0.15) is 261 Å². The third kappa shape index (κ3) is 38.3. The van der Waals surface area contributed by atoms with Crippen LogP contribution < -0.4 is 31.9 Å². The lowest BCUT2D eigenvalue weighted by Crippen LogP contribution is -2.41. The molecule has 718 valence electrons. The van der Waals surface area contributed by atoms with Crippen LogP contribution in [0, 0.1) is 69.0 Å². The lowest BCUT2D eigenvalue weighted by Gasteiger charge is -2.46. The maximum Gasteiger partial charge on any atom is 0.0900 e. The zero-order valence-electron chi connectivity index (χ0n) is 78.5. The summed E-state index contributed by atoms with van der Waals surface area (Å²) in [4.78, 5) is 3.86. The maximum absolute atomic E-state index is 10.8. The van der Waals surface area contributed by atoms with Crippen LogP contribution in [0.3, 0.4) is 0 Å². The van der Waals surface area contributed by atoms with Crippen LogP contribution in [-0.4, -0.2) is 343 Å². The minimum absolute atomic E-state index is 0.0874. The topological polar surface area (TPSA) is 355 Å². The third-order valence-corrected chi connectivity index (χ3v) is 31.7. The Morgan fingerprint density at radius 1 is 0.230 bits per heavy atom. The molecule has 8 atom stereocenters. The Balaban J connectivity index is 0.540. The number of hydrogen-bond donors (Lipinski definition) is 16. The summed E-state index contributed by atoms with van der Waals surface area (Å²) in [5.41, 5.74) is 0.974. The second kappa shape index (κ2) is 56.7. The molecule has 8 unspecified atom stereocenters. The van der Waals surface area contributed by atoms with Gasteiger partial charge in [0.15, 0.2) is 0 Å². The van der Waals surface area contributed by atoms with Gasteiger partial charge in [-0.05, 0) is 289 Å². The molecule has 0 spiro atoms. The summed E-state index contributed by atoms with van der Waals surface area (Å²) >= 11 is 0. The highest BCUT2D eigenvalue weighted by atomic mass is 16.5. The Morgan fingerprint density at radius 2 is 0.361 bits per heavy atom. The average molecular weight is 1740 g/mol. The summed E-state index contributed by atoms with van der Waals surface area (Å²) < 4.78 is 49.8. The Kier molecular flexibility index (Phi) is 49.4. The lowest BCUT2D eigenvalue weighted by atomic mass is 9.60. The van der Waals surface area contributed by atoms with Crippen molar-refractivity contribution in [3.05, 3.63) is 0 Å². The molecule has 0 saturated heterocycles. The van der Waals surface area contributed by atoms with Crippen LogP contribution >= 0.6 is 0 Å². The van der Waals surface area contributed by atoms with E-state index in [0.29, 0.717) is 205 Å². The molecule has 0 amide bonds. The molecule has 0 aromatic carbocycles. The van der Waals surface area contributed by atoms with Gasteiger partial charge in [-0.3, -0.25) is 0 Å². The normalized spacial score (nSPS) is 30.4. The number of nitrogens with zero attached hydrogens (tertiary/aromatic N) is 2. The van der Waals surface area contributed by atoms with E-state index in [1.165, 1.54) is 0 Å². The van der Waals surface area contributed by atoms with Crippen molar-refractivity contribution in [3.63, 3.8) is 0 Å². The van der Waals surface area contributed by atoms with Gasteiger partial charge < -0.3 is 131 Å². The Bertz CT molecular complexity index is 2450. The number of ether oxygens (including phenoxy) is 8. The molecule has 8 rings (SSSR count). The summed E-state index contributed by atoms with van der Waals surface area (Å²) in [6.07, 6.45) is 32.0. The monoisotopic (exact) mass is 1740 g/mol. The fraction of sp³-hybridized carbons (Fsp3) is 1.00. The van der Waals surface area contributed by atoms with Gasteiger partial charge >= 0.3 is 0 Å². The molecule has 122 heavy (non-hydrogen) atoms. The van der Waals surface area contributed by atoms with E-state index in [1.807, 2.05) is 23.9 Å². The van der Waals surface area contributed by atoms with E-state index in [9.17, 15) is 40.9 Å². The van der Waals surface area contributed by atoms with Crippen LogP contribution in [0.15, 0.2) is 0 Å². The van der Waals surface area contributed by atoms with Crippen molar-refractivity contribution in [2.24, 2.45) is 69.0 Å². The zero-order chi connectivity index (χ0) is 87.9. The molecular formula is C96H186N8O18. The molecule has 0 radical (unpaired) electrons. The molecule has 26 nitrogen and oxygen atoms in total. The van der Waals surface area contributed by atoms with Gasteiger partial charge in [0.1, 0.15) is 0 Å². The summed E-state index contributed by atoms with van der Waals surface area (Å²) in [5, 5.41) is 124. The number of aliphatic hydroxyl groups is 10. The molecule has 16 N–H and O–H groups in total. The molecular weight excluding hydrogens is 1550 g/mol. The van der Waals surface area contributed by atoms with Gasteiger partial charge in [-0.25, -0.2) is 0 Å². The van der Waals surface area contributed by atoms with Crippen molar-refractivity contribution >= 4 is 0 Å². The van der Waals surface area contributed by atoms with Crippen LogP contribution in [0.25, 0.3) is 0 Å². The van der Waals surface area contributed by atoms with Crippen LogP contribution in [-0.2, 0) is 37.9 Å². The lowest BCUT2D eigenvalue weighted by molar-refractivity contribution is -0.0620. The highest BCUT2D eigenvalue weighted by Gasteiger charge is 2.46. The van der Waals surface area contributed by atoms with E-state index < -0.39 is 48.8 Å². The first-order chi connectivity index (χ1) is 58.5. The summed E-state index contributed by atoms with van der Waals surface area (Å²) in [7, 11) is 3.81. The van der Waals surface area contributed by atoms with Crippen LogP contribution in [0.5, 0.6) is 0 Å². The molecule has 26 heteroatoms. The average Bonchev–Trinajstić information content (AvgIpc) is 0.818. The van der Waals surface area contributed by atoms with E-state index in [4.69, 9.17) is 48.1 Å². The molecule has 8 saturated carbocycles. The summed E-state index contributed by atoms with van der Waals surface area (Å²) in [6.45, 7) is 31.6. The van der Waals surface area contributed by atoms with Gasteiger partial charge in [0, 0.05) is 105 Å². The van der Waals surface area contributed by atoms with Crippen molar-refractivity contribution in [3.8, 4) is 0 Å². The number of aliphatic hydroxyl groups excluding tert-OH is 10. The van der Waals surface area contributed by atoms with Gasteiger partial charge in [0.05, 0.1) is 164 Å². The highest BCUT2D eigenvalue weighted by molar-refractivity contribution is 4.97. The largest absolute Gasteiger partial charge is 0.395 e. The molecule has 0 aromatic rings. The Labute approximate surface area is 739 Å². The third-order valence-electron chi connectivity index (χ3n) is 31.7. The van der Waals surface area contributed by atoms with E-state index in [0.717, 1.165) is 205 Å². The van der Waals surface area contributed by atoms with E-state index in [1.54, 1.807) is 0 Å². The first-order valence-electron chi connectivity index (χ1n) is 49.7. The Hall–Kier alpha value is -1.04. The number of likely N-dealkylation sites (N-methyl/N-ethyl adjacent to an activating group) is 2. The van der Waals surface area contributed by atoms with Crippen molar-refractivity contribution in [1.29, 1.82) is 0 Å². The van der Waals surface area contributed by atoms with E-state index >= 15 is 0 Å². The minimum Gasteiger partial charge on any atom is -0.395 e. The zero-order valence-corrected chi connectivity index (χ0v) is 78.5. The van der Waals surface area contributed by atoms with Crippen molar-refractivity contribution in [2.45, 2.75) is 359 Å². The fourth-order valence-corrected chi connectivity index (χ4v) is 22.9. The first-order valence-corrected chi connectivity index (χ1v) is 49.7. The molecule has 8 aliphatic rings. The smallest absolute Gasteiger partial charge is 0.0900 e. The van der Waals surface area contributed by atoms with Gasteiger partial charge in [0.2, 0.25) is 0 Å². The van der Waals surface area contributed by atoms with Gasteiger partial charge in [-0.2, -0.15) is 0 Å². The summed E-state index contributed by atoms with van der Waals surface area (Å²) in [5.74, 6) is 5.23. The van der Waals surface area contributed by atoms with Gasteiger partial charge in [-0.1, -0.05) is 55.4 Å². The SMILES string of the molecule is CN(CCO)CC(O)COC1CCC(C(C)(C)C2CCC(OCC(O)CNCCNCC(O)COC3CCC(C(C)(C)C4CCC(OCC(O)CNCCNCC(O)COC5CCC(C(C)(C)C6CCC(OCC(O)CNCCNCC(O)COC7CCC(C(C)(C)C8CCC(OCC(O)CN(C)CCO)CC8)CC7)CC6)CC5)CC4)CC3)CC2)CC1. The standard InChI is InChI=1S/C96H186N8O18/c1-93(2,71-15-31-87(32-16-71)117-63-79(109)55-99-45-47-101-57-81(111)65-119-89-35-19-73(20-36-89)95(5,6)75-23-39-91(40-24-75)121-67-83(113)59-103(9)49-51-105)69-11-27-85(28-12-69)115-61-77(107)53-97-43-44-98-54-78(108)62-116-86-29-13-70(14-30-86)94(3,4)72-17-33-88(34-18-72)118-64-80(110)56-100-46-48-102-58-82(112)66-120-90-37-21-74(22-38-90)96(7,8)76-25-41-92(42-26-76)122-68-84(114)60-104(10)50-52-106/h69-92,97-102,105-114H,11-68H2,1-10H3. The maximum atomic E-state index is 10.8.